The topological polar surface area (TPSA) is 83.6 Å². The molecule has 2 aromatic rings. The van der Waals surface area contributed by atoms with Crippen molar-refractivity contribution in [3.8, 4) is 11.5 Å². The van der Waals surface area contributed by atoms with E-state index in [9.17, 15) is 10.2 Å². The molecule has 50 heavy (non-hydrogen) atoms. The summed E-state index contributed by atoms with van der Waals surface area (Å²) in [7, 11) is 0. The minimum atomic E-state index is -0.301. The monoisotopic (exact) mass is 687 g/mol. The smallest absolute Gasteiger partial charge is 0.128 e. The van der Waals surface area contributed by atoms with Gasteiger partial charge >= 0.3 is 0 Å². The number of hydrogen-bond donors (Lipinski definition) is 2. The number of ether oxygens (including phenoxy) is 2. The van der Waals surface area contributed by atoms with Gasteiger partial charge < -0.3 is 19.7 Å². The molecule has 0 radical (unpaired) electrons. The molecule has 2 aromatic carbocycles. The van der Waals surface area contributed by atoms with Crippen LogP contribution in [0, 0.1) is 0 Å². The molecule has 5 rings (SSSR count). The molecule has 4 unspecified atom stereocenters. The fraction of sp³-hybridized carbons (Fsp3) is 0.682. The Morgan fingerprint density at radius 1 is 0.660 bits per heavy atom. The van der Waals surface area contributed by atoms with E-state index >= 15 is 0 Å². The van der Waals surface area contributed by atoms with E-state index < -0.39 is 0 Å². The number of aliphatic imine (C=N–C) groups is 2. The van der Waals surface area contributed by atoms with Crippen LogP contribution in [0.15, 0.2) is 34.3 Å². The summed E-state index contributed by atoms with van der Waals surface area (Å²) >= 11 is 0. The van der Waals surface area contributed by atoms with Crippen LogP contribution in [-0.4, -0.2) is 47.9 Å². The van der Waals surface area contributed by atoms with Gasteiger partial charge in [0.15, 0.2) is 0 Å². The molecule has 3 aliphatic rings. The number of phenolic OH excluding ortho intramolecular Hbond substituents is 2. The SMILES string of the molecule is CCCCC1(c2cc(C=NC3CCCCC3N=Cc3cc(C4(CCCC)CCCO4)cc(C(C)(C)C)c3O)c(O)c(C(C)(C)C)c2)CCCO1. The van der Waals surface area contributed by atoms with Crippen molar-refractivity contribution in [2.45, 2.75) is 179 Å². The Bertz CT molecular complexity index is 1390. The number of unbranched alkanes of at least 4 members (excludes halogenated alkanes) is 2. The number of nitrogens with zero attached hydrogens (tertiary/aromatic N) is 2. The van der Waals surface area contributed by atoms with E-state index in [0.29, 0.717) is 11.5 Å². The van der Waals surface area contributed by atoms with Crippen molar-refractivity contribution < 1.29 is 19.7 Å². The first kappa shape index (κ1) is 38.5. The zero-order chi connectivity index (χ0) is 36.2. The Kier molecular flexibility index (Phi) is 12.3. The Hall–Kier alpha value is -2.70. The van der Waals surface area contributed by atoms with Crippen LogP contribution in [-0.2, 0) is 31.5 Å². The minimum absolute atomic E-state index is 0.000557. The highest BCUT2D eigenvalue weighted by molar-refractivity contribution is 5.86. The van der Waals surface area contributed by atoms with E-state index in [1.807, 2.05) is 12.4 Å². The van der Waals surface area contributed by atoms with Crippen LogP contribution in [0.1, 0.15) is 179 Å². The van der Waals surface area contributed by atoms with Crippen molar-refractivity contribution in [1.82, 2.24) is 0 Å². The molecule has 0 bridgehead atoms. The van der Waals surface area contributed by atoms with Crippen molar-refractivity contribution in [2.24, 2.45) is 9.98 Å². The first-order valence-electron chi connectivity index (χ1n) is 19.8. The van der Waals surface area contributed by atoms with Crippen LogP contribution in [0.3, 0.4) is 0 Å². The summed E-state index contributed by atoms with van der Waals surface area (Å²) in [6, 6.07) is 8.65. The van der Waals surface area contributed by atoms with Gasteiger partial charge in [-0.2, -0.15) is 0 Å². The maximum atomic E-state index is 11.6. The molecular weight excluding hydrogens is 620 g/mol. The standard InChI is InChI=1S/C44H66N2O4/c1-9-11-19-43(21-15-23-49-43)33-25-31(39(47)35(27-33)41(3,4)5)29-45-37-17-13-14-18-38(37)46-30-32-26-34(28-36(40(32)48)42(6,7)8)44(20-12-10-2)22-16-24-50-44/h25-30,37-38,47-48H,9-24H2,1-8H3. The molecular formula is C44H66N2O4. The summed E-state index contributed by atoms with van der Waals surface area (Å²) in [5.74, 6) is 0.624. The average molecular weight is 687 g/mol. The predicted molar refractivity (Wildman–Crippen MR) is 208 cm³/mol. The van der Waals surface area contributed by atoms with Crippen LogP contribution in [0.5, 0.6) is 11.5 Å². The third kappa shape index (κ3) is 8.49. The second-order valence-electron chi connectivity index (χ2n) is 17.5. The molecule has 0 aromatic heterocycles. The lowest BCUT2D eigenvalue weighted by Crippen LogP contribution is -2.28. The third-order valence-corrected chi connectivity index (χ3v) is 11.5. The largest absolute Gasteiger partial charge is 0.507 e. The van der Waals surface area contributed by atoms with Gasteiger partial charge in [0, 0.05) is 47.9 Å². The zero-order valence-corrected chi connectivity index (χ0v) is 32.5. The lowest BCUT2D eigenvalue weighted by atomic mass is 9.79. The zero-order valence-electron chi connectivity index (χ0n) is 32.5. The second-order valence-corrected chi connectivity index (χ2v) is 17.5. The molecule has 276 valence electrons. The molecule has 6 nitrogen and oxygen atoms in total. The lowest BCUT2D eigenvalue weighted by molar-refractivity contribution is -0.00914. The maximum absolute atomic E-state index is 11.6. The molecule has 0 spiro atoms. The molecule has 2 saturated heterocycles. The molecule has 0 amide bonds. The Labute approximate surface area is 303 Å². The minimum Gasteiger partial charge on any atom is -0.507 e. The van der Waals surface area contributed by atoms with Gasteiger partial charge in [-0.25, -0.2) is 0 Å². The van der Waals surface area contributed by atoms with Gasteiger partial charge in [0.2, 0.25) is 0 Å². The molecule has 2 aliphatic heterocycles. The number of aromatic hydroxyl groups is 2. The highest BCUT2D eigenvalue weighted by Gasteiger charge is 2.39. The van der Waals surface area contributed by atoms with Gasteiger partial charge in [-0.1, -0.05) is 93.9 Å². The molecule has 1 aliphatic carbocycles. The van der Waals surface area contributed by atoms with Crippen molar-refractivity contribution in [3.05, 3.63) is 57.6 Å². The molecule has 4 atom stereocenters. The van der Waals surface area contributed by atoms with E-state index in [1.165, 1.54) is 11.1 Å². The summed E-state index contributed by atoms with van der Waals surface area (Å²) in [6.07, 6.45) is 18.5. The summed E-state index contributed by atoms with van der Waals surface area (Å²) in [4.78, 5) is 10.3. The first-order chi connectivity index (χ1) is 23.7. The summed E-state index contributed by atoms with van der Waals surface area (Å²) in [5.41, 5.74) is 4.68. The summed E-state index contributed by atoms with van der Waals surface area (Å²) in [5, 5.41) is 23.2. The van der Waals surface area contributed by atoms with E-state index in [4.69, 9.17) is 19.5 Å². The molecule has 1 saturated carbocycles. The van der Waals surface area contributed by atoms with E-state index in [-0.39, 0.29) is 34.1 Å². The lowest BCUT2D eigenvalue weighted by Gasteiger charge is -2.32. The van der Waals surface area contributed by atoms with E-state index in [0.717, 1.165) is 125 Å². The van der Waals surface area contributed by atoms with Gasteiger partial charge in [-0.15, -0.1) is 0 Å². The predicted octanol–water partition coefficient (Wildman–Crippen LogP) is 10.9. The number of phenols is 2. The fourth-order valence-electron chi connectivity index (χ4n) is 8.43. The molecule has 3 fully saturated rings. The second kappa shape index (κ2) is 15.9. The number of hydrogen-bond acceptors (Lipinski definition) is 6. The summed E-state index contributed by atoms with van der Waals surface area (Å²) in [6.45, 7) is 19.0. The maximum Gasteiger partial charge on any atom is 0.128 e. The van der Waals surface area contributed by atoms with Crippen molar-refractivity contribution >= 4 is 12.4 Å². The van der Waals surface area contributed by atoms with Crippen molar-refractivity contribution in [3.63, 3.8) is 0 Å². The molecule has 2 N–H and O–H groups in total. The Morgan fingerprint density at radius 3 is 1.38 bits per heavy atom. The van der Waals surface area contributed by atoms with Crippen LogP contribution in [0.2, 0.25) is 0 Å². The third-order valence-electron chi connectivity index (χ3n) is 11.5. The van der Waals surface area contributed by atoms with Crippen molar-refractivity contribution in [1.29, 1.82) is 0 Å². The van der Waals surface area contributed by atoms with E-state index in [2.05, 4.69) is 79.7 Å². The van der Waals surface area contributed by atoms with Gasteiger partial charge in [-0.3, -0.25) is 9.98 Å². The first-order valence-corrected chi connectivity index (χ1v) is 19.8. The summed E-state index contributed by atoms with van der Waals surface area (Å²) < 4.78 is 13.0. The number of rotatable bonds is 12. The van der Waals surface area contributed by atoms with Crippen LogP contribution < -0.4 is 0 Å². The van der Waals surface area contributed by atoms with Gasteiger partial charge in [0.25, 0.3) is 0 Å². The van der Waals surface area contributed by atoms with Gasteiger partial charge in [0.05, 0.1) is 23.3 Å². The van der Waals surface area contributed by atoms with E-state index in [1.54, 1.807) is 0 Å². The van der Waals surface area contributed by atoms with Crippen molar-refractivity contribution in [2.75, 3.05) is 13.2 Å². The fourth-order valence-corrected chi connectivity index (χ4v) is 8.43. The molecule has 6 heteroatoms. The van der Waals surface area contributed by atoms with Gasteiger partial charge in [0.1, 0.15) is 11.5 Å². The quantitative estimate of drug-likeness (QED) is 0.218. The van der Waals surface area contributed by atoms with Crippen LogP contribution >= 0.6 is 0 Å². The Balaban J connectivity index is 1.49. The Morgan fingerprint density at radius 2 is 1.06 bits per heavy atom. The van der Waals surface area contributed by atoms with Gasteiger partial charge in [-0.05, 0) is 97.6 Å². The van der Waals surface area contributed by atoms with Crippen LogP contribution in [0.4, 0.5) is 0 Å². The molecule has 2 heterocycles. The average Bonchev–Trinajstić information content (AvgIpc) is 3.76. The highest BCUT2D eigenvalue weighted by Crippen LogP contribution is 2.46. The van der Waals surface area contributed by atoms with Crippen LogP contribution in [0.25, 0.3) is 0 Å². The number of benzene rings is 2. The highest BCUT2D eigenvalue weighted by atomic mass is 16.5. The normalized spacial score (nSPS) is 26.5.